The quantitative estimate of drug-likeness (QED) is 0.184. The molecule has 0 spiro atoms. The maximum atomic E-state index is 10.5. The normalized spacial score (nSPS) is 11.8. The van der Waals surface area contributed by atoms with Crippen LogP contribution >= 0.6 is 11.3 Å². The zero-order valence-corrected chi connectivity index (χ0v) is 29.2. The van der Waals surface area contributed by atoms with Crippen LogP contribution in [0.15, 0.2) is 174 Å². The Morgan fingerprint density at radius 1 is 0.453 bits per heavy atom. The van der Waals surface area contributed by atoms with Gasteiger partial charge < -0.3 is 8.98 Å². The molecule has 0 saturated heterocycles. The van der Waals surface area contributed by atoms with Gasteiger partial charge in [0.05, 0.1) is 22.3 Å². The highest BCUT2D eigenvalue weighted by Crippen LogP contribution is 2.44. The van der Waals surface area contributed by atoms with Crippen molar-refractivity contribution in [2.45, 2.75) is 0 Å². The van der Waals surface area contributed by atoms with Crippen molar-refractivity contribution in [1.82, 2.24) is 4.57 Å². The van der Waals surface area contributed by atoms with Crippen molar-refractivity contribution in [3.8, 4) is 45.1 Å². The first-order valence-electron chi connectivity index (χ1n) is 17.7. The van der Waals surface area contributed by atoms with E-state index in [1.165, 1.54) is 53.2 Å². The number of furan rings is 1. The standard InChI is InChI=1S/C49H28N2OS/c50-29-35-25-34(36-16-9-18-39-37-15-7-8-20-46(37)53-49(36)39)28-42-38-17-10-19-45(48(38)52-47(35)42)51-43-23-21-32(30-11-3-1-4-12-30)26-40(43)41-27-33(22-24-44(41)51)31-13-5-2-6-14-31/h1-28H. The van der Waals surface area contributed by atoms with E-state index in [4.69, 9.17) is 4.42 Å². The summed E-state index contributed by atoms with van der Waals surface area (Å²) in [6, 6.07) is 62.6. The molecule has 11 rings (SSSR count). The molecule has 0 amide bonds. The molecule has 3 heterocycles. The summed E-state index contributed by atoms with van der Waals surface area (Å²) >= 11 is 1.80. The summed E-state index contributed by atoms with van der Waals surface area (Å²) in [6.45, 7) is 0. The first kappa shape index (κ1) is 29.8. The minimum atomic E-state index is 0.528. The zero-order chi connectivity index (χ0) is 35.0. The molecule has 0 atom stereocenters. The minimum absolute atomic E-state index is 0.528. The van der Waals surface area contributed by atoms with Crippen LogP contribution in [0.2, 0.25) is 0 Å². The smallest absolute Gasteiger partial charge is 0.159 e. The first-order valence-corrected chi connectivity index (χ1v) is 18.5. The van der Waals surface area contributed by atoms with Crippen molar-refractivity contribution in [3.63, 3.8) is 0 Å². The SMILES string of the molecule is N#Cc1cc(-c2cccc3c2sc2ccccc23)cc2c1oc1c(-n3c4ccc(-c5ccccc5)cc4c4cc(-c5ccccc5)ccc43)cccc12. The summed E-state index contributed by atoms with van der Waals surface area (Å²) in [5.74, 6) is 0. The van der Waals surface area contributed by atoms with Gasteiger partial charge in [0.2, 0.25) is 0 Å². The Hall–Kier alpha value is -6.93. The molecule has 4 heteroatoms. The molecule has 246 valence electrons. The molecule has 11 aromatic rings. The van der Waals surface area contributed by atoms with Gasteiger partial charge in [0.1, 0.15) is 6.07 Å². The Balaban J connectivity index is 1.17. The van der Waals surface area contributed by atoms with Crippen LogP contribution in [0.1, 0.15) is 5.56 Å². The van der Waals surface area contributed by atoms with Crippen LogP contribution in [0.4, 0.5) is 0 Å². The second-order valence-corrected chi connectivity index (χ2v) is 14.6. The third-order valence-electron chi connectivity index (χ3n) is 10.6. The lowest BCUT2D eigenvalue weighted by Crippen LogP contribution is -1.94. The van der Waals surface area contributed by atoms with E-state index in [0.29, 0.717) is 11.1 Å². The van der Waals surface area contributed by atoms with Crippen molar-refractivity contribution in [1.29, 1.82) is 5.26 Å². The van der Waals surface area contributed by atoms with E-state index < -0.39 is 0 Å². The fourth-order valence-electron chi connectivity index (χ4n) is 8.18. The van der Waals surface area contributed by atoms with Crippen LogP contribution in [0.3, 0.4) is 0 Å². The number of nitrogens with zero attached hydrogens (tertiary/aromatic N) is 2. The van der Waals surface area contributed by atoms with Gasteiger partial charge in [-0.25, -0.2) is 0 Å². The van der Waals surface area contributed by atoms with Crippen LogP contribution in [-0.2, 0) is 0 Å². The molecule has 0 bridgehead atoms. The van der Waals surface area contributed by atoms with E-state index in [0.717, 1.165) is 44.2 Å². The topological polar surface area (TPSA) is 41.9 Å². The summed E-state index contributed by atoms with van der Waals surface area (Å²) in [4.78, 5) is 0. The van der Waals surface area contributed by atoms with E-state index in [9.17, 15) is 5.26 Å². The fraction of sp³-hybridized carbons (Fsp3) is 0. The van der Waals surface area contributed by atoms with Crippen LogP contribution in [0, 0.1) is 11.3 Å². The summed E-state index contributed by atoms with van der Waals surface area (Å²) in [5, 5.41) is 17.3. The number of para-hydroxylation sites is 1. The molecule has 0 radical (unpaired) electrons. The average Bonchev–Trinajstić information content (AvgIpc) is 3.90. The van der Waals surface area contributed by atoms with Crippen LogP contribution in [-0.4, -0.2) is 4.57 Å². The Morgan fingerprint density at radius 3 is 1.75 bits per heavy atom. The molecule has 8 aromatic carbocycles. The van der Waals surface area contributed by atoms with Crippen molar-refractivity contribution < 1.29 is 4.42 Å². The molecule has 0 aliphatic heterocycles. The Bertz CT molecular complexity index is 3190. The Morgan fingerprint density at radius 2 is 1.06 bits per heavy atom. The number of fused-ring (bicyclic) bond motifs is 9. The van der Waals surface area contributed by atoms with Crippen molar-refractivity contribution >= 4 is 75.3 Å². The number of rotatable bonds is 4. The number of hydrogen-bond acceptors (Lipinski definition) is 3. The van der Waals surface area contributed by atoms with Gasteiger partial charge in [0.15, 0.2) is 11.2 Å². The molecule has 53 heavy (non-hydrogen) atoms. The molecular formula is C49H28N2OS. The minimum Gasteiger partial charge on any atom is -0.452 e. The van der Waals surface area contributed by atoms with E-state index >= 15 is 0 Å². The molecule has 0 unspecified atom stereocenters. The second-order valence-electron chi connectivity index (χ2n) is 13.6. The van der Waals surface area contributed by atoms with Gasteiger partial charge in [-0.15, -0.1) is 11.3 Å². The number of aromatic nitrogens is 1. The molecule has 0 fully saturated rings. The predicted octanol–water partition coefficient (Wildman–Crippen LogP) is 13.9. The zero-order valence-electron chi connectivity index (χ0n) is 28.4. The van der Waals surface area contributed by atoms with Gasteiger partial charge in [-0.1, -0.05) is 121 Å². The number of hydrogen-bond donors (Lipinski definition) is 0. The lowest BCUT2D eigenvalue weighted by Gasteiger charge is -2.09. The third-order valence-corrected chi connectivity index (χ3v) is 11.9. The highest BCUT2D eigenvalue weighted by Gasteiger charge is 2.21. The first-order chi connectivity index (χ1) is 26.2. The van der Waals surface area contributed by atoms with E-state index in [1.54, 1.807) is 11.3 Å². The Kier molecular flexibility index (Phi) is 6.48. The monoisotopic (exact) mass is 692 g/mol. The highest BCUT2D eigenvalue weighted by molar-refractivity contribution is 7.26. The van der Waals surface area contributed by atoms with Gasteiger partial charge in [0, 0.05) is 41.7 Å². The summed E-state index contributed by atoms with van der Waals surface area (Å²) in [6.07, 6.45) is 0. The largest absolute Gasteiger partial charge is 0.452 e. The molecule has 3 aromatic heterocycles. The fourth-order valence-corrected chi connectivity index (χ4v) is 9.42. The predicted molar refractivity (Wildman–Crippen MR) is 222 cm³/mol. The maximum Gasteiger partial charge on any atom is 0.159 e. The van der Waals surface area contributed by atoms with Gasteiger partial charge in [-0.2, -0.15) is 5.26 Å². The van der Waals surface area contributed by atoms with E-state index in [1.807, 2.05) is 6.07 Å². The molecule has 0 aliphatic rings. The van der Waals surface area contributed by atoms with E-state index in [2.05, 4.69) is 174 Å². The highest BCUT2D eigenvalue weighted by atomic mass is 32.1. The van der Waals surface area contributed by atoms with Gasteiger partial charge in [0.25, 0.3) is 0 Å². The van der Waals surface area contributed by atoms with Crippen molar-refractivity contribution in [2.75, 3.05) is 0 Å². The molecular weight excluding hydrogens is 665 g/mol. The van der Waals surface area contributed by atoms with Crippen LogP contribution in [0.5, 0.6) is 0 Å². The summed E-state index contributed by atoms with van der Waals surface area (Å²) in [7, 11) is 0. The second kappa shape index (κ2) is 11.5. The van der Waals surface area contributed by atoms with Gasteiger partial charge in [-0.3, -0.25) is 0 Å². The lowest BCUT2D eigenvalue weighted by molar-refractivity contribution is 0.665. The summed E-state index contributed by atoms with van der Waals surface area (Å²) < 4.78 is 11.6. The van der Waals surface area contributed by atoms with Crippen molar-refractivity contribution in [2.24, 2.45) is 0 Å². The molecule has 0 N–H and O–H groups in total. The number of thiophene rings is 1. The van der Waals surface area contributed by atoms with Crippen LogP contribution < -0.4 is 0 Å². The number of benzene rings is 8. The molecule has 0 aliphatic carbocycles. The molecule has 0 saturated carbocycles. The molecule has 3 nitrogen and oxygen atoms in total. The number of nitriles is 1. The Labute approximate surface area is 308 Å². The van der Waals surface area contributed by atoms with E-state index in [-0.39, 0.29) is 0 Å². The summed E-state index contributed by atoms with van der Waals surface area (Å²) in [5.41, 5.74) is 11.9. The lowest BCUT2D eigenvalue weighted by atomic mass is 9.98. The van der Waals surface area contributed by atoms with Gasteiger partial charge >= 0.3 is 0 Å². The maximum absolute atomic E-state index is 10.5. The van der Waals surface area contributed by atoms with Gasteiger partial charge in [-0.05, 0) is 81.9 Å². The average molecular weight is 693 g/mol. The van der Waals surface area contributed by atoms with Crippen LogP contribution in [0.25, 0.3) is 103 Å². The van der Waals surface area contributed by atoms with Crippen molar-refractivity contribution in [3.05, 3.63) is 175 Å². The third kappa shape index (κ3) is 4.52.